The van der Waals surface area contributed by atoms with Gasteiger partial charge in [0, 0.05) is 37.7 Å². The summed E-state index contributed by atoms with van der Waals surface area (Å²) in [6, 6.07) is 52.8. The van der Waals surface area contributed by atoms with Gasteiger partial charge in [-0.1, -0.05) is 109 Å². The Morgan fingerprint density at radius 1 is 0.292 bits per heavy atom. The molecule has 11 aromatic rings. The molecule has 11 rings (SSSR count). The van der Waals surface area contributed by atoms with Crippen molar-refractivity contribution in [2.45, 2.75) is 0 Å². The number of hydrogen-bond acceptors (Lipinski definition) is 4. The molecule has 0 aliphatic carbocycles. The predicted molar refractivity (Wildman–Crippen MR) is 198 cm³/mol. The highest BCUT2D eigenvalue weighted by Crippen LogP contribution is 2.49. The SMILES string of the molecule is c1ccc2c(c1)ccc1c3cccc(N(c4cccc5c4oc4c6ccccc6ccc54)c4cccc5oc6ccccc6c45)c3oc21. The summed E-state index contributed by atoms with van der Waals surface area (Å²) in [6.45, 7) is 0. The van der Waals surface area contributed by atoms with E-state index in [2.05, 4.69) is 138 Å². The van der Waals surface area contributed by atoms with Crippen LogP contribution in [0.4, 0.5) is 17.1 Å². The van der Waals surface area contributed by atoms with Crippen molar-refractivity contribution < 1.29 is 13.3 Å². The number of rotatable bonds is 3. The van der Waals surface area contributed by atoms with Gasteiger partial charge in [-0.2, -0.15) is 0 Å². The topological polar surface area (TPSA) is 42.7 Å². The van der Waals surface area contributed by atoms with Crippen molar-refractivity contribution in [3.63, 3.8) is 0 Å². The fraction of sp³-hybridized carbons (Fsp3) is 0. The van der Waals surface area contributed by atoms with Gasteiger partial charge in [0.1, 0.15) is 22.3 Å². The third-order valence-corrected chi connectivity index (χ3v) is 9.84. The van der Waals surface area contributed by atoms with Gasteiger partial charge in [0.05, 0.1) is 22.4 Å². The van der Waals surface area contributed by atoms with Crippen molar-refractivity contribution in [3.8, 4) is 0 Å². The molecule has 8 aromatic carbocycles. The molecule has 0 bridgehead atoms. The van der Waals surface area contributed by atoms with E-state index in [0.717, 1.165) is 104 Å². The third-order valence-electron chi connectivity index (χ3n) is 9.84. The zero-order valence-corrected chi connectivity index (χ0v) is 25.6. The van der Waals surface area contributed by atoms with Gasteiger partial charge in [-0.3, -0.25) is 0 Å². The quantitative estimate of drug-likeness (QED) is 0.198. The highest BCUT2D eigenvalue weighted by Gasteiger charge is 2.26. The molecule has 0 saturated carbocycles. The van der Waals surface area contributed by atoms with Gasteiger partial charge in [0.15, 0.2) is 11.2 Å². The van der Waals surface area contributed by atoms with Crippen molar-refractivity contribution in [3.05, 3.63) is 152 Å². The fourth-order valence-corrected chi connectivity index (χ4v) is 7.71. The van der Waals surface area contributed by atoms with Crippen LogP contribution in [0.25, 0.3) is 87.4 Å². The van der Waals surface area contributed by atoms with E-state index in [4.69, 9.17) is 13.3 Å². The Morgan fingerprint density at radius 3 is 1.38 bits per heavy atom. The van der Waals surface area contributed by atoms with Gasteiger partial charge in [-0.25, -0.2) is 0 Å². The van der Waals surface area contributed by atoms with E-state index >= 15 is 0 Å². The number of fused-ring (bicyclic) bond motifs is 13. The molecule has 224 valence electrons. The van der Waals surface area contributed by atoms with E-state index in [1.807, 2.05) is 18.2 Å². The first-order chi connectivity index (χ1) is 23.8. The van der Waals surface area contributed by atoms with Crippen LogP contribution in [-0.4, -0.2) is 0 Å². The largest absolute Gasteiger partial charge is 0.456 e. The van der Waals surface area contributed by atoms with Gasteiger partial charge < -0.3 is 18.2 Å². The average Bonchev–Trinajstić information content (AvgIpc) is 3.84. The van der Waals surface area contributed by atoms with E-state index in [1.165, 1.54) is 0 Å². The minimum absolute atomic E-state index is 0.812. The monoisotopic (exact) mass is 615 g/mol. The lowest BCUT2D eigenvalue weighted by molar-refractivity contribution is 0.668. The second-order valence-corrected chi connectivity index (χ2v) is 12.4. The maximum atomic E-state index is 6.93. The lowest BCUT2D eigenvalue weighted by Crippen LogP contribution is -2.11. The van der Waals surface area contributed by atoms with Crippen LogP contribution in [0.2, 0.25) is 0 Å². The molecular formula is C44H25NO3. The maximum absolute atomic E-state index is 6.93. The third kappa shape index (κ3) is 3.43. The summed E-state index contributed by atoms with van der Waals surface area (Å²) in [5.74, 6) is 0. The molecule has 0 saturated heterocycles. The summed E-state index contributed by atoms with van der Waals surface area (Å²) >= 11 is 0. The van der Waals surface area contributed by atoms with Crippen molar-refractivity contribution in [2.75, 3.05) is 4.90 Å². The molecule has 0 unspecified atom stereocenters. The van der Waals surface area contributed by atoms with Crippen LogP contribution in [0.1, 0.15) is 0 Å². The maximum Gasteiger partial charge on any atom is 0.159 e. The summed E-state index contributed by atoms with van der Waals surface area (Å²) in [5.41, 5.74) is 7.89. The molecule has 48 heavy (non-hydrogen) atoms. The van der Waals surface area contributed by atoms with Crippen molar-refractivity contribution in [2.24, 2.45) is 0 Å². The Hall–Kier alpha value is -6.52. The lowest BCUT2D eigenvalue weighted by Gasteiger charge is -2.26. The van der Waals surface area contributed by atoms with E-state index in [9.17, 15) is 0 Å². The van der Waals surface area contributed by atoms with Crippen molar-refractivity contribution >= 4 is 104 Å². The van der Waals surface area contributed by atoms with Gasteiger partial charge in [-0.15, -0.1) is 0 Å². The van der Waals surface area contributed by atoms with Gasteiger partial charge in [0.2, 0.25) is 0 Å². The second-order valence-electron chi connectivity index (χ2n) is 12.4. The summed E-state index contributed by atoms with van der Waals surface area (Å²) in [4.78, 5) is 2.30. The van der Waals surface area contributed by atoms with Crippen molar-refractivity contribution in [1.82, 2.24) is 0 Å². The number of nitrogens with zero attached hydrogens (tertiary/aromatic N) is 1. The number of furan rings is 3. The summed E-state index contributed by atoms with van der Waals surface area (Å²) in [7, 11) is 0. The standard InChI is InChI=1S/C44H25NO3/c1-3-12-28-26(10-1)22-24-32-30-15-7-18-36(43(30)47-41(28)32)45(35-17-9-21-39-40(35)34-14-5-6-20-38(34)46-39)37-19-8-16-31-33-25-23-27-11-2-4-13-29(27)42(33)48-44(31)37/h1-25H. The zero-order valence-electron chi connectivity index (χ0n) is 25.6. The Labute approximate surface area is 273 Å². The normalized spacial score (nSPS) is 12.2. The van der Waals surface area contributed by atoms with Crippen molar-refractivity contribution in [1.29, 1.82) is 0 Å². The Morgan fingerprint density at radius 2 is 0.750 bits per heavy atom. The molecule has 0 aliphatic heterocycles. The highest BCUT2D eigenvalue weighted by molar-refractivity contribution is 6.22. The fourth-order valence-electron chi connectivity index (χ4n) is 7.71. The number of para-hydroxylation sites is 3. The molecule has 0 amide bonds. The Kier molecular flexibility index (Phi) is 5.08. The number of hydrogen-bond donors (Lipinski definition) is 0. The van der Waals surface area contributed by atoms with E-state index in [1.54, 1.807) is 0 Å². The molecule has 0 atom stereocenters. The first-order valence-electron chi connectivity index (χ1n) is 16.2. The Balaban J connectivity index is 1.29. The molecular weight excluding hydrogens is 590 g/mol. The predicted octanol–water partition coefficient (Wildman–Crippen LogP) is 13.2. The molecule has 0 N–H and O–H groups in total. The number of benzene rings is 8. The van der Waals surface area contributed by atoms with E-state index in [0.29, 0.717) is 0 Å². The number of anilines is 3. The molecule has 0 fully saturated rings. The van der Waals surface area contributed by atoms with Crippen LogP contribution < -0.4 is 4.90 Å². The van der Waals surface area contributed by atoms with Crippen LogP contribution in [0.5, 0.6) is 0 Å². The first kappa shape index (κ1) is 25.6. The van der Waals surface area contributed by atoms with Crippen LogP contribution in [0, 0.1) is 0 Å². The van der Waals surface area contributed by atoms with Gasteiger partial charge in [0.25, 0.3) is 0 Å². The molecule has 4 heteroatoms. The molecule has 4 nitrogen and oxygen atoms in total. The summed E-state index contributed by atoms with van der Waals surface area (Å²) in [5, 5.41) is 10.9. The van der Waals surface area contributed by atoms with E-state index < -0.39 is 0 Å². The van der Waals surface area contributed by atoms with Crippen LogP contribution in [0.15, 0.2) is 165 Å². The summed E-state index contributed by atoms with van der Waals surface area (Å²) in [6.07, 6.45) is 0. The first-order valence-corrected chi connectivity index (χ1v) is 16.2. The smallest absolute Gasteiger partial charge is 0.159 e. The lowest BCUT2D eigenvalue weighted by atomic mass is 10.0. The van der Waals surface area contributed by atoms with Crippen LogP contribution in [0.3, 0.4) is 0 Å². The molecule has 0 radical (unpaired) electrons. The average molecular weight is 616 g/mol. The van der Waals surface area contributed by atoms with Gasteiger partial charge >= 0.3 is 0 Å². The molecule has 0 spiro atoms. The molecule has 3 aromatic heterocycles. The minimum atomic E-state index is 0.812. The van der Waals surface area contributed by atoms with Crippen LogP contribution in [-0.2, 0) is 0 Å². The summed E-state index contributed by atoms with van der Waals surface area (Å²) < 4.78 is 20.3. The zero-order chi connectivity index (χ0) is 31.3. The molecule has 0 aliphatic rings. The highest BCUT2D eigenvalue weighted by atomic mass is 16.3. The minimum Gasteiger partial charge on any atom is -0.456 e. The van der Waals surface area contributed by atoms with Crippen LogP contribution >= 0.6 is 0 Å². The second kappa shape index (κ2) is 9.50. The Bertz CT molecular complexity index is 2930. The molecule has 3 heterocycles. The van der Waals surface area contributed by atoms with E-state index in [-0.39, 0.29) is 0 Å². The van der Waals surface area contributed by atoms with Gasteiger partial charge in [-0.05, 0) is 53.2 Å².